The molecule has 0 aromatic heterocycles. The van der Waals surface area contributed by atoms with Crippen LogP contribution in [0.15, 0.2) is 0 Å². The Kier molecular flexibility index (Phi) is 348. The molecule has 0 heterocycles. The zero-order valence-corrected chi connectivity index (χ0v) is 3.37. The molecule has 0 aliphatic heterocycles. The van der Waals surface area contributed by atoms with Crippen LogP contribution in [-0.2, 0) is 17.1 Å². The van der Waals surface area contributed by atoms with Gasteiger partial charge in [-0.15, -0.1) is 0 Å². The molecule has 0 aliphatic carbocycles. The van der Waals surface area contributed by atoms with Gasteiger partial charge in [0, 0.05) is 17.1 Å². The monoisotopic (exact) mass is 118 g/mol. The first-order valence-corrected chi connectivity index (χ1v) is 0. The van der Waals surface area contributed by atoms with Crippen molar-refractivity contribution < 1.29 is 21.8 Å². The molecule has 4 heavy (non-hydrogen) atoms. The zero-order valence-electron chi connectivity index (χ0n) is 1.26. The van der Waals surface area contributed by atoms with Crippen LogP contribution >= 0.6 is 13.5 Å². The van der Waals surface area contributed by atoms with E-state index in [0.29, 0.717) is 0 Å². The van der Waals surface area contributed by atoms with E-state index < -0.39 is 0 Å². The molecule has 0 fully saturated rings. The SMILES string of the molecule is F.S.[Fe].[LiH]. The predicted molar refractivity (Wildman–Crippen MR) is 20.0 cm³/mol. The van der Waals surface area contributed by atoms with E-state index >= 15 is 0 Å². The molecule has 0 nitrogen and oxygen atoms in total. The second-order valence-corrected chi connectivity index (χ2v) is 0. The van der Waals surface area contributed by atoms with E-state index in [2.05, 4.69) is 0 Å². The quantitative estimate of drug-likeness (QED) is 0.380. The number of rotatable bonds is 0. The van der Waals surface area contributed by atoms with Crippen molar-refractivity contribution in [3.63, 3.8) is 0 Å². The Balaban J connectivity index is 0. The Bertz CT molecular complexity index is 8.00. The topological polar surface area (TPSA) is 0 Å². The molecule has 0 N–H and O–H groups in total. The molecule has 0 saturated heterocycles. The van der Waals surface area contributed by atoms with Crippen LogP contribution in [0.25, 0.3) is 0 Å². The van der Waals surface area contributed by atoms with Crippen molar-refractivity contribution in [2.75, 3.05) is 0 Å². The Morgan fingerprint density at radius 1 is 1.00 bits per heavy atom. The molecule has 0 unspecified atom stereocenters. The van der Waals surface area contributed by atoms with Crippen LogP contribution in [0.2, 0.25) is 0 Å². The molecule has 0 radical (unpaired) electrons. The Morgan fingerprint density at radius 2 is 1.00 bits per heavy atom. The van der Waals surface area contributed by atoms with Crippen LogP contribution < -0.4 is 0 Å². The molecule has 0 atom stereocenters. The van der Waals surface area contributed by atoms with Crippen molar-refractivity contribution in [1.29, 1.82) is 0 Å². The second-order valence-electron chi connectivity index (χ2n) is 0. The second kappa shape index (κ2) is 26.0. The molecule has 4 heteroatoms. The van der Waals surface area contributed by atoms with Gasteiger partial charge in [0.1, 0.15) is 0 Å². The fourth-order valence-corrected chi connectivity index (χ4v) is 0. The summed E-state index contributed by atoms with van der Waals surface area (Å²) in [5.41, 5.74) is 0. The van der Waals surface area contributed by atoms with E-state index in [-0.39, 0.29) is 54.1 Å². The first-order valence-electron chi connectivity index (χ1n) is 0. The summed E-state index contributed by atoms with van der Waals surface area (Å²) in [7, 11) is 0. The fraction of sp³-hybridized carbons (Fsp3) is 0. The first kappa shape index (κ1) is 53.5. The van der Waals surface area contributed by atoms with Crippen LogP contribution in [0, 0.1) is 0 Å². The van der Waals surface area contributed by atoms with Gasteiger partial charge >= 0.3 is 18.9 Å². The molecule has 0 spiro atoms. The number of hydrogen-bond acceptors (Lipinski definition) is 0. The van der Waals surface area contributed by atoms with E-state index in [9.17, 15) is 0 Å². The van der Waals surface area contributed by atoms with Gasteiger partial charge in [0.25, 0.3) is 0 Å². The zero-order chi connectivity index (χ0) is 0. The summed E-state index contributed by atoms with van der Waals surface area (Å²) in [6.07, 6.45) is 0. The molecule has 0 amide bonds. The normalized spacial score (nSPS) is 0. The van der Waals surface area contributed by atoms with Gasteiger partial charge in [-0.3, -0.25) is 4.70 Å². The Labute approximate surface area is 54.2 Å². The molecular weight excluding hydrogens is 114 g/mol. The molecule has 0 aromatic rings. The fourth-order valence-electron chi connectivity index (χ4n) is 0. The third-order valence-corrected chi connectivity index (χ3v) is 0. The summed E-state index contributed by atoms with van der Waals surface area (Å²) >= 11 is 0. The Hall–Kier alpha value is 1.40. The van der Waals surface area contributed by atoms with Gasteiger partial charge in [-0.25, -0.2) is 0 Å². The molecule has 0 saturated carbocycles. The summed E-state index contributed by atoms with van der Waals surface area (Å²) in [5, 5.41) is 0. The van der Waals surface area contributed by atoms with Crippen LogP contribution in [0.3, 0.4) is 0 Å². The van der Waals surface area contributed by atoms with Crippen molar-refractivity contribution in [1.82, 2.24) is 0 Å². The van der Waals surface area contributed by atoms with Gasteiger partial charge in [-0.05, 0) is 0 Å². The minimum atomic E-state index is 0. The third-order valence-electron chi connectivity index (χ3n) is 0. The van der Waals surface area contributed by atoms with Crippen LogP contribution in [0.5, 0.6) is 0 Å². The maximum absolute atomic E-state index is 0. The maximum atomic E-state index is 0. The predicted octanol–water partition coefficient (Wildman–Crippen LogP) is -0.386. The molecule has 0 rings (SSSR count). The van der Waals surface area contributed by atoms with Crippen LogP contribution in [0.4, 0.5) is 4.70 Å². The van der Waals surface area contributed by atoms with Crippen molar-refractivity contribution in [3.05, 3.63) is 0 Å². The van der Waals surface area contributed by atoms with Gasteiger partial charge in [0.2, 0.25) is 0 Å². The first-order chi connectivity index (χ1) is 0. The van der Waals surface area contributed by atoms with Crippen molar-refractivity contribution in [3.8, 4) is 0 Å². The number of hydrogen-bond donors (Lipinski definition) is 0. The summed E-state index contributed by atoms with van der Waals surface area (Å²) in [6, 6.07) is 0. The summed E-state index contributed by atoms with van der Waals surface area (Å²) < 4.78 is 0. The Morgan fingerprint density at radius 3 is 1.00 bits per heavy atom. The number of halogens is 1. The summed E-state index contributed by atoms with van der Waals surface area (Å²) in [4.78, 5) is 0. The van der Waals surface area contributed by atoms with Gasteiger partial charge in [-0.1, -0.05) is 0 Å². The van der Waals surface area contributed by atoms with Crippen LogP contribution in [-0.4, -0.2) is 18.9 Å². The standard InChI is InChI=1S/FH.Fe.Li.H2S.H/h1H;;;1H2;. The average molecular weight is 118 g/mol. The molecule has 0 aliphatic rings. The minimum absolute atomic E-state index is 0. The van der Waals surface area contributed by atoms with Crippen molar-refractivity contribution in [2.45, 2.75) is 0 Å². The molecule has 0 bridgehead atoms. The average Bonchev–Trinajstić information content (AvgIpc) is 0. The van der Waals surface area contributed by atoms with Crippen molar-refractivity contribution in [2.24, 2.45) is 0 Å². The summed E-state index contributed by atoms with van der Waals surface area (Å²) in [5.74, 6) is 0. The van der Waals surface area contributed by atoms with E-state index in [1.54, 1.807) is 0 Å². The van der Waals surface area contributed by atoms with E-state index in [4.69, 9.17) is 0 Å². The van der Waals surface area contributed by atoms with E-state index in [0.717, 1.165) is 0 Å². The molecular formula is H4FFeLiS. The third kappa shape index (κ3) is 10.0. The van der Waals surface area contributed by atoms with Gasteiger partial charge < -0.3 is 0 Å². The molecule has 26 valence electrons. The van der Waals surface area contributed by atoms with Crippen LogP contribution in [0.1, 0.15) is 0 Å². The van der Waals surface area contributed by atoms with Gasteiger partial charge in [0.15, 0.2) is 0 Å². The summed E-state index contributed by atoms with van der Waals surface area (Å²) in [6.45, 7) is 0. The van der Waals surface area contributed by atoms with E-state index in [1.165, 1.54) is 0 Å². The van der Waals surface area contributed by atoms with E-state index in [1.807, 2.05) is 0 Å². The van der Waals surface area contributed by atoms with Gasteiger partial charge in [-0.2, -0.15) is 13.5 Å². The van der Waals surface area contributed by atoms with Gasteiger partial charge in [0.05, 0.1) is 0 Å². The van der Waals surface area contributed by atoms with Crippen molar-refractivity contribution >= 4 is 32.4 Å². The molecule has 0 aromatic carbocycles.